The lowest BCUT2D eigenvalue weighted by Crippen LogP contribution is -2.32. The molecule has 0 spiro atoms. The number of benzene rings is 1. The molecular weight excluding hydrogens is 374 g/mol. The van der Waals surface area contributed by atoms with Crippen LogP contribution in [0.1, 0.15) is 49.4 Å². The Morgan fingerprint density at radius 2 is 1.79 bits per heavy atom. The molecule has 7 nitrogen and oxygen atoms in total. The summed E-state index contributed by atoms with van der Waals surface area (Å²) in [5, 5.41) is 14.6. The van der Waals surface area contributed by atoms with Crippen LogP contribution in [0.25, 0.3) is 21.9 Å². The highest BCUT2D eigenvalue weighted by Crippen LogP contribution is 2.37. The van der Waals surface area contributed by atoms with Crippen LogP contribution in [0.4, 0.5) is 0 Å². The predicted octanol–water partition coefficient (Wildman–Crippen LogP) is 2.25. The van der Waals surface area contributed by atoms with Gasteiger partial charge < -0.3 is 24.1 Å². The smallest absolute Gasteiger partial charge is 0.340 e. The monoisotopic (exact) mass is 398 g/mol. The number of rotatable bonds is 5. The number of aryl methyl sites for hydroxylation is 2. The first-order valence-electron chi connectivity index (χ1n) is 9.44. The van der Waals surface area contributed by atoms with Crippen LogP contribution >= 0.6 is 0 Å². The zero-order valence-corrected chi connectivity index (χ0v) is 17.2. The average Bonchev–Trinajstić information content (AvgIpc) is 3.04. The second-order valence-electron chi connectivity index (χ2n) is 8.30. The largest absolute Gasteiger partial charge is 0.550 e. The van der Waals surface area contributed by atoms with Gasteiger partial charge >= 0.3 is 5.63 Å². The van der Waals surface area contributed by atoms with Gasteiger partial charge in [-0.2, -0.15) is 0 Å². The summed E-state index contributed by atoms with van der Waals surface area (Å²) in [5.41, 5.74) is 3.10. The van der Waals surface area contributed by atoms with Crippen molar-refractivity contribution in [3.63, 3.8) is 0 Å². The Kier molecular flexibility index (Phi) is 5.26. The molecule has 0 atom stereocenters. The molecular formula is C22H24NO6-. The molecule has 2 heterocycles. The van der Waals surface area contributed by atoms with E-state index in [-0.39, 0.29) is 30.4 Å². The van der Waals surface area contributed by atoms with Crippen LogP contribution in [-0.4, -0.2) is 18.4 Å². The van der Waals surface area contributed by atoms with E-state index in [4.69, 9.17) is 8.83 Å². The number of furan rings is 1. The summed E-state index contributed by atoms with van der Waals surface area (Å²) >= 11 is 0. The number of hydrogen-bond donors (Lipinski definition) is 1. The number of fused-ring (bicyclic) bond motifs is 2. The minimum absolute atomic E-state index is 0.0528. The van der Waals surface area contributed by atoms with Gasteiger partial charge in [0.2, 0.25) is 5.91 Å². The van der Waals surface area contributed by atoms with E-state index in [1.807, 2.05) is 13.0 Å². The van der Waals surface area contributed by atoms with Crippen molar-refractivity contribution in [2.45, 2.75) is 52.9 Å². The van der Waals surface area contributed by atoms with Crippen molar-refractivity contribution >= 4 is 33.8 Å². The van der Waals surface area contributed by atoms with Crippen molar-refractivity contribution in [2.75, 3.05) is 6.54 Å². The Bertz CT molecular complexity index is 1180. The zero-order chi connectivity index (χ0) is 21.5. The number of nitrogens with one attached hydrogen (secondary N) is 1. The number of hydrogen-bond acceptors (Lipinski definition) is 6. The molecule has 1 N–H and O–H groups in total. The van der Waals surface area contributed by atoms with Crippen LogP contribution in [-0.2, 0) is 21.4 Å². The molecule has 0 saturated heterocycles. The van der Waals surface area contributed by atoms with E-state index in [1.54, 1.807) is 13.2 Å². The summed E-state index contributed by atoms with van der Waals surface area (Å²) in [6.07, 6.45) is 1.26. The fourth-order valence-corrected chi connectivity index (χ4v) is 3.51. The van der Waals surface area contributed by atoms with Crippen molar-refractivity contribution in [3.05, 3.63) is 45.0 Å². The van der Waals surface area contributed by atoms with Gasteiger partial charge in [-0.25, -0.2) is 4.79 Å². The molecule has 0 unspecified atom stereocenters. The highest BCUT2D eigenvalue weighted by molar-refractivity contribution is 6.00. The lowest BCUT2D eigenvalue weighted by molar-refractivity contribution is -0.305. The minimum atomic E-state index is -1.25. The van der Waals surface area contributed by atoms with Crippen molar-refractivity contribution in [3.8, 4) is 0 Å². The number of carboxylic acid groups (broad SMARTS) is 1. The molecule has 3 rings (SSSR count). The van der Waals surface area contributed by atoms with Crippen molar-refractivity contribution in [1.82, 2.24) is 5.32 Å². The van der Waals surface area contributed by atoms with Gasteiger partial charge in [0.25, 0.3) is 0 Å². The summed E-state index contributed by atoms with van der Waals surface area (Å²) in [7, 11) is 0. The molecule has 0 aliphatic carbocycles. The summed E-state index contributed by atoms with van der Waals surface area (Å²) in [6.45, 7) is 9.86. The molecule has 1 amide bonds. The van der Waals surface area contributed by atoms with Gasteiger partial charge in [0.05, 0.1) is 18.2 Å². The molecule has 0 saturated carbocycles. The summed E-state index contributed by atoms with van der Waals surface area (Å²) in [6, 6.07) is 1.94. The van der Waals surface area contributed by atoms with Gasteiger partial charge in [-0.3, -0.25) is 4.79 Å². The molecule has 0 radical (unpaired) electrons. The van der Waals surface area contributed by atoms with E-state index >= 15 is 0 Å². The molecule has 1 aromatic carbocycles. The maximum Gasteiger partial charge on any atom is 0.340 e. The highest BCUT2D eigenvalue weighted by atomic mass is 16.4. The second kappa shape index (κ2) is 7.39. The molecule has 0 bridgehead atoms. The highest BCUT2D eigenvalue weighted by Gasteiger charge is 2.24. The lowest BCUT2D eigenvalue weighted by Gasteiger charge is -2.17. The van der Waals surface area contributed by atoms with Crippen LogP contribution in [0.2, 0.25) is 0 Å². The normalized spacial score (nSPS) is 11.9. The van der Waals surface area contributed by atoms with E-state index in [0.717, 1.165) is 21.9 Å². The van der Waals surface area contributed by atoms with Gasteiger partial charge in [0.15, 0.2) is 0 Å². The molecule has 0 aliphatic heterocycles. The Labute approximate surface area is 167 Å². The first-order chi connectivity index (χ1) is 13.5. The Balaban J connectivity index is 2.09. The Morgan fingerprint density at radius 3 is 2.41 bits per heavy atom. The number of carbonyl (C=O) groups is 2. The summed E-state index contributed by atoms with van der Waals surface area (Å²) in [4.78, 5) is 35.2. The van der Waals surface area contributed by atoms with Crippen molar-refractivity contribution in [2.24, 2.45) is 0 Å². The third-order valence-electron chi connectivity index (χ3n) is 5.14. The quantitative estimate of drug-likeness (QED) is 0.660. The number of aliphatic carboxylic acids is 1. The third-order valence-corrected chi connectivity index (χ3v) is 5.14. The Hall–Kier alpha value is -3.09. The summed E-state index contributed by atoms with van der Waals surface area (Å²) in [5.74, 6) is -1.70. The maximum atomic E-state index is 12.5. The standard InChI is InChI=1S/C22H25NO6/c1-11-13-8-15-16(22(3,4)5)10-28-19(15)12(2)20(13)29-21(27)14(11)9-17(24)23-7-6-18(25)26/h8,10H,6-7,9H2,1-5H3,(H,23,24)(H,25,26)/p-1. The van der Waals surface area contributed by atoms with E-state index in [1.165, 1.54) is 0 Å². The number of carboxylic acids is 1. The fourth-order valence-electron chi connectivity index (χ4n) is 3.51. The number of amides is 1. The first-order valence-corrected chi connectivity index (χ1v) is 9.44. The summed E-state index contributed by atoms with van der Waals surface area (Å²) < 4.78 is 11.3. The molecule has 0 aliphatic rings. The third kappa shape index (κ3) is 3.90. The first kappa shape index (κ1) is 20.6. The predicted molar refractivity (Wildman–Crippen MR) is 107 cm³/mol. The van der Waals surface area contributed by atoms with Gasteiger partial charge in [0.1, 0.15) is 11.2 Å². The van der Waals surface area contributed by atoms with Gasteiger partial charge in [-0.05, 0) is 30.9 Å². The molecule has 154 valence electrons. The second-order valence-corrected chi connectivity index (χ2v) is 8.30. The maximum absolute atomic E-state index is 12.5. The van der Waals surface area contributed by atoms with Gasteiger partial charge in [-0.15, -0.1) is 0 Å². The van der Waals surface area contributed by atoms with E-state index < -0.39 is 17.5 Å². The molecule has 29 heavy (non-hydrogen) atoms. The van der Waals surface area contributed by atoms with Crippen LogP contribution in [0.3, 0.4) is 0 Å². The SMILES string of the molecule is Cc1c(CC(=O)NCCC(=O)[O-])c(=O)oc2c(C)c3occ(C(C)(C)C)c3cc12. The molecule has 0 fully saturated rings. The average molecular weight is 398 g/mol. The lowest BCUT2D eigenvalue weighted by atomic mass is 9.86. The van der Waals surface area contributed by atoms with Crippen molar-refractivity contribution < 1.29 is 23.5 Å². The van der Waals surface area contributed by atoms with Crippen LogP contribution in [0, 0.1) is 13.8 Å². The van der Waals surface area contributed by atoms with Crippen LogP contribution in [0.5, 0.6) is 0 Å². The van der Waals surface area contributed by atoms with Crippen LogP contribution in [0.15, 0.2) is 26.0 Å². The van der Waals surface area contributed by atoms with E-state index in [0.29, 0.717) is 16.7 Å². The molecule has 3 aromatic rings. The van der Waals surface area contributed by atoms with E-state index in [2.05, 4.69) is 26.1 Å². The van der Waals surface area contributed by atoms with Crippen LogP contribution < -0.4 is 16.0 Å². The molecule has 2 aromatic heterocycles. The van der Waals surface area contributed by atoms with Crippen molar-refractivity contribution in [1.29, 1.82) is 0 Å². The van der Waals surface area contributed by atoms with E-state index in [9.17, 15) is 19.5 Å². The topological polar surface area (TPSA) is 113 Å². The fraction of sp³-hybridized carbons (Fsp3) is 0.409. The van der Waals surface area contributed by atoms with Gasteiger partial charge in [0, 0.05) is 40.8 Å². The zero-order valence-electron chi connectivity index (χ0n) is 17.2. The Morgan fingerprint density at radius 1 is 1.10 bits per heavy atom. The van der Waals surface area contributed by atoms with Gasteiger partial charge in [-0.1, -0.05) is 20.8 Å². The molecule has 7 heteroatoms. The minimum Gasteiger partial charge on any atom is -0.550 e. The number of carbonyl (C=O) groups excluding carboxylic acids is 2.